The van der Waals surface area contributed by atoms with Crippen LogP contribution in [0.4, 0.5) is 13.2 Å². The Hall–Kier alpha value is -2.37. The largest absolute Gasteiger partial charge is 0.490 e. The summed E-state index contributed by atoms with van der Waals surface area (Å²) >= 11 is 5.92. The Bertz CT molecular complexity index is 930. The highest BCUT2D eigenvalue weighted by molar-refractivity contribution is 6.31. The first-order chi connectivity index (χ1) is 14.7. The average Bonchev–Trinajstić information content (AvgIpc) is 2.70. The lowest BCUT2D eigenvalue weighted by molar-refractivity contribution is -0.192. The first-order valence-corrected chi connectivity index (χ1v) is 10.2. The molecule has 0 saturated heterocycles. The normalized spacial score (nSPS) is 31.0. The van der Waals surface area contributed by atoms with Gasteiger partial charge in [0.25, 0.3) is 5.91 Å². The number of carbonyl (C=O) groups excluding carboxylic acids is 2. The van der Waals surface area contributed by atoms with E-state index in [0.717, 1.165) is 12.8 Å². The maximum absolute atomic E-state index is 12.7. The van der Waals surface area contributed by atoms with E-state index in [-0.39, 0.29) is 18.1 Å². The number of nitrogens with two attached hydrogens (primary N) is 1. The van der Waals surface area contributed by atoms with Crippen LogP contribution < -0.4 is 15.8 Å². The second kappa shape index (κ2) is 8.53. The van der Waals surface area contributed by atoms with E-state index in [1.54, 1.807) is 18.2 Å². The second-order valence-corrected chi connectivity index (χ2v) is 8.84. The van der Waals surface area contributed by atoms with Crippen molar-refractivity contribution in [2.24, 2.45) is 5.73 Å². The molecular weight excluding hydrogens is 457 g/mol. The Labute approximate surface area is 185 Å². The van der Waals surface area contributed by atoms with Gasteiger partial charge in [0.2, 0.25) is 0 Å². The predicted molar refractivity (Wildman–Crippen MR) is 105 cm³/mol. The summed E-state index contributed by atoms with van der Waals surface area (Å²) in [5.41, 5.74) is 5.64. The van der Waals surface area contributed by atoms with Gasteiger partial charge in [0.1, 0.15) is 5.75 Å². The van der Waals surface area contributed by atoms with E-state index in [0.29, 0.717) is 35.6 Å². The Morgan fingerprint density at radius 2 is 1.81 bits per heavy atom. The summed E-state index contributed by atoms with van der Waals surface area (Å²) in [5.74, 6) is -2.85. The fraction of sp³-hybridized carbons (Fsp3) is 0.550. The standard InChI is InChI=1S/C18H21ClN2O4.C2HF3O2/c19-10-1-2-13-11(7-10)12(22)8-14(25-13)16(24)21-17-3-5-18(20,6-4-17)15(23)9-17;3-2(4,5)1(6)7/h1-2,7,14-15,23H,3-6,8-9,20H2,(H,21,24);(H,6,7)/t14-,15-,17?,18?;/m0./s1. The lowest BCUT2D eigenvalue weighted by Gasteiger charge is -2.54. The van der Waals surface area contributed by atoms with Gasteiger partial charge < -0.3 is 26.0 Å². The molecule has 3 fully saturated rings. The molecular formula is C20H22ClF3N2O6. The van der Waals surface area contributed by atoms with Crippen molar-refractivity contribution in [2.45, 2.75) is 68.0 Å². The number of carbonyl (C=O) groups is 3. The van der Waals surface area contributed by atoms with Crippen molar-refractivity contribution >= 4 is 29.3 Å². The van der Waals surface area contributed by atoms with Crippen LogP contribution >= 0.6 is 11.6 Å². The van der Waals surface area contributed by atoms with Gasteiger partial charge in [0, 0.05) is 16.1 Å². The number of hydrogen-bond donors (Lipinski definition) is 4. The lowest BCUT2D eigenvalue weighted by Crippen LogP contribution is -2.69. The molecule has 5 rings (SSSR count). The van der Waals surface area contributed by atoms with E-state index in [9.17, 15) is 27.9 Å². The van der Waals surface area contributed by atoms with Crippen LogP contribution in [0, 0.1) is 0 Å². The van der Waals surface area contributed by atoms with Crippen LogP contribution in [0.5, 0.6) is 5.75 Å². The highest BCUT2D eigenvalue weighted by Gasteiger charge is 2.53. The molecule has 1 heterocycles. The Kier molecular flexibility index (Phi) is 6.47. The van der Waals surface area contributed by atoms with E-state index in [4.69, 9.17) is 32.0 Å². The summed E-state index contributed by atoms with van der Waals surface area (Å²) in [5, 5.41) is 20.9. The number of halogens is 4. The number of aliphatic carboxylic acids is 1. The van der Waals surface area contributed by atoms with Crippen molar-refractivity contribution in [1.29, 1.82) is 0 Å². The van der Waals surface area contributed by atoms with E-state index >= 15 is 0 Å². The minimum absolute atomic E-state index is 0.0152. The van der Waals surface area contributed by atoms with Gasteiger partial charge in [-0.3, -0.25) is 9.59 Å². The fourth-order valence-electron chi connectivity index (χ4n) is 4.26. The van der Waals surface area contributed by atoms with Crippen molar-refractivity contribution in [1.82, 2.24) is 5.32 Å². The number of alkyl halides is 3. The van der Waals surface area contributed by atoms with Crippen molar-refractivity contribution in [3.63, 3.8) is 0 Å². The molecule has 2 atom stereocenters. The van der Waals surface area contributed by atoms with Gasteiger partial charge in [0.05, 0.1) is 18.1 Å². The molecule has 4 aliphatic rings. The zero-order valence-electron chi connectivity index (χ0n) is 16.7. The van der Waals surface area contributed by atoms with Gasteiger partial charge in [-0.15, -0.1) is 0 Å². The van der Waals surface area contributed by atoms with E-state index in [1.807, 2.05) is 0 Å². The van der Waals surface area contributed by atoms with E-state index in [2.05, 4.69) is 5.32 Å². The summed E-state index contributed by atoms with van der Waals surface area (Å²) in [6, 6.07) is 4.80. The fourth-order valence-corrected chi connectivity index (χ4v) is 4.44. The maximum atomic E-state index is 12.7. The molecule has 0 aromatic heterocycles. The number of ketones is 1. The van der Waals surface area contributed by atoms with Gasteiger partial charge in [-0.2, -0.15) is 13.2 Å². The third-order valence-corrected chi connectivity index (χ3v) is 6.43. The Balaban J connectivity index is 0.000000360. The monoisotopic (exact) mass is 478 g/mol. The Morgan fingerprint density at radius 1 is 1.22 bits per heavy atom. The summed E-state index contributed by atoms with van der Waals surface area (Å²) in [4.78, 5) is 33.9. The molecule has 0 spiro atoms. The van der Waals surface area contributed by atoms with Crippen LogP contribution in [-0.2, 0) is 9.59 Å². The summed E-state index contributed by atoms with van der Waals surface area (Å²) in [6.45, 7) is 0. The molecule has 0 unspecified atom stereocenters. The molecule has 1 aromatic carbocycles. The van der Waals surface area contributed by atoms with Crippen LogP contribution in [0.1, 0.15) is 48.9 Å². The van der Waals surface area contributed by atoms with Crippen LogP contribution in [0.15, 0.2) is 18.2 Å². The zero-order chi connectivity index (χ0) is 23.9. The van der Waals surface area contributed by atoms with Crippen LogP contribution in [0.2, 0.25) is 5.02 Å². The highest BCUT2D eigenvalue weighted by atomic mass is 35.5. The molecule has 1 amide bonds. The molecule has 1 aromatic rings. The molecule has 0 radical (unpaired) electrons. The number of fused-ring (bicyclic) bond motifs is 4. The minimum Gasteiger partial charge on any atom is -0.479 e. The van der Waals surface area contributed by atoms with Crippen LogP contribution in [-0.4, -0.2) is 57.3 Å². The molecule has 5 N–H and O–H groups in total. The maximum Gasteiger partial charge on any atom is 0.490 e. The van der Waals surface area contributed by atoms with Crippen molar-refractivity contribution < 1.29 is 42.5 Å². The first-order valence-electron chi connectivity index (χ1n) is 9.83. The zero-order valence-corrected chi connectivity index (χ0v) is 17.5. The number of carboxylic acid groups (broad SMARTS) is 1. The summed E-state index contributed by atoms with van der Waals surface area (Å²) in [6.07, 6.45) is -3.30. The molecule has 8 nitrogen and oxygen atoms in total. The van der Waals surface area contributed by atoms with Crippen molar-refractivity contribution in [3.05, 3.63) is 28.8 Å². The number of benzene rings is 1. The summed E-state index contributed by atoms with van der Waals surface area (Å²) < 4.78 is 37.5. The Morgan fingerprint density at radius 3 is 2.34 bits per heavy atom. The lowest BCUT2D eigenvalue weighted by atomic mass is 9.60. The molecule has 3 saturated carbocycles. The summed E-state index contributed by atoms with van der Waals surface area (Å²) in [7, 11) is 0. The van der Waals surface area contributed by atoms with Crippen molar-refractivity contribution in [2.75, 3.05) is 0 Å². The third kappa shape index (κ3) is 5.00. The van der Waals surface area contributed by atoms with E-state index < -0.39 is 35.4 Å². The smallest absolute Gasteiger partial charge is 0.479 e. The van der Waals surface area contributed by atoms with Gasteiger partial charge >= 0.3 is 12.1 Å². The topological polar surface area (TPSA) is 139 Å². The number of ether oxygens (including phenoxy) is 1. The predicted octanol–water partition coefficient (Wildman–Crippen LogP) is 2.20. The number of aliphatic hydroxyl groups is 1. The number of hydrogen-bond acceptors (Lipinski definition) is 6. The molecule has 176 valence electrons. The minimum atomic E-state index is -5.08. The number of carboxylic acids is 1. The second-order valence-electron chi connectivity index (χ2n) is 8.40. The van der Waals surface area contributed by atoms with Gasteiger partial charge in [-0.25, -0.2) is 4.79 Å². The first kappa shape index (κ1) is 24.3. The van der Waals surface area contributed by atoms with Crippen LogP contribution in [0.25, 0.3) is 0 Å². The number of rotatable bonds is 2. The van der Waals surface area contributed by atoms with Gasteiger partial charge in [0.15, 0.2) is 11.9 Å². The van der Waals surface area contributed by atoms with Gasteiger partial charge in [-0.1, -0.05) is 11.6 Å². The third-order valence-electron chi connectivity index (χ3n) is 6.19. The molecule has 3 aliphatic carbocycles. The van der Waals surface area contributed by atoms with Crippen LogP contribution in [0.3, 0.4) is 0 Å². The average molecular weight is 479 g/mol. The molecule has 12 heteroatoms. The quantitative estimate of drug-likeness (QED) is 0.511. The molecule has 2 bridgehead atoms. The number of aliphatic hydroxyl groups excluding tert-OH is 1. The molecule has 1 aliphatic heterocycles. The highest BCUT2D eigenvalue weighted by Crippen LogP contribution is 2.45. The SMILES string of the molecule is NC12CCC(NC(=O)[C@@H]3CC(=O)c4cc(Cl)ccc4O3)(CC1)C[C@@H]2O.O=C(O)C(F)(F)F. The number of nitrogens with one attached hydrogen (secondary N) is 1. The molecule has 32 heavy (non-hydrogen) atoms. The van der Waals surface area contributed by atoms with Gasteiger partial charge in [-0.05, 0) is 50.3 Å². The van der Waals surface area contributed by atoms with Crippen molar-refractivity contribution in [3.8, 4) is 5.75 Å². The number of amides is 1. The number of Topliss-reactive ketones (excluding diaryl/α,β-unsaturated/α-hetero) is 1. The van der Waals surface area contributed by atoms with E-state index in [1.165, 1.54) is 0 Å².